The number of piperidine rings is 1. The molecule has 2 heterocycles. The Morgan fingerprint density at radius 3 is 2.57 bits per heavy atom. The number of carbonyl (C=O) groups is 1. The smallest absolute Gasteiger partial charge is 0.379 e. The van der Waals surface area contributed by atoms with Crippen LogP contribution in [0.2, 0.25) is 0 Å². The van der Waals surface area contributed by atoms with Crippen LogP contribution < -0.4 is 0 Å². The van der Waals surface area contributed by atoms with Crippen molar-refractivity contribution in [3.63, 3.8) is 0 Å². The van der Waals surface area contributed by atoms with Crippen LogP contribution in [0.3, 0.4) is 0 Å². The Balaban J connectivity index is 1.75. The van der Waals surface area contributed by atoms with Crippen LogP contribution in [0.15, 0.2) is 42.2 Å². The lowest BCUT2D eigenvalue weighted by atomic mass is 9.86. The zero-order valence-corrected chi connectivity index (χ0v) is 15.7. The largest absolute Gasteiger partial charge is 0.534 e. The number of hydrogen-bond donors (Lipinski definition) is 0. The second-order valence-electron chi connectivity index (χ2n) is 6.73. The summed E-state index contributed by atoms with van der Waals surface area (Å²) >= 11 is 0. The van der Waals surface area contributed by atoms with Gasteiger partial charge in [0.1, 0.15) is 5.76 Å². The summed E-state index contributed by atoms with van der Waals surface area (Å²) in [5, 5.41) is 0. The Morgan fingerprint density at radius 2 is 1.89 bits per heavy atom. The van der Waals surface area contributed by atoms with E-state index in [1.165, 1.54) is 4.90 Å². The first-order valence-electron chi connectivity index (χ1n) is 8.81. The first kappa shape index (κ1) is 20.7. The molecule has 1 saturated heterocycles. The van der Waals surface area contributed by atoms with Crippen LogP contribution in [0.4, 0.5) is 13.2 Å². The summed E-state index contributed by atoms with van der Waals surface area (Å²) in [6.07, 6.45) is 2.16. The minimum atomic E-state index is -5.80. The van der Waals surface area contributed by atoms with Crippen LogP contribution in [-0.2, 0) is 30.4 Å². The van der Waals surface area contributed by atoms with Crippen LogP contribution in [-0.4, -0.2) is 43.9 Å². The first-order chi connectivity index (χ1) is 13.2. The molecule has 3 rings (SSSR count). The van der Waals surface area contributed by atoms with Crippen molar-refractivity contribution in [3.05, 3.63) is 47.7 Å². The van der Waals surface area contributed by atoms with E-state index in [0.29, 0.717) is 26.0 Å². The number of amides is 1. The van der Waals surface area contributed by atoms with Crippen molar-refractivity contribution in [3.8, 4) is 0 Å². The monoisotopic (exact) mass is 419 g/mol. The van der Waals surface area contributed by atoms with Crippen molar-refractivity contribution < 1.29 is 35.3 Å². The van der Waals surface area contributed by atoms with Gasteiger partial charge >= 0.3 is 15.6 Å². The molecule has 0 spiro atoms. The molecule has 0 N–H and O–H groups in total. The fraction of sp³-hybridized carbons (Fsp3) is 0.500. The van der Waals surface area contributed by atoms with E-state index in [2.05, 4.69) is 4.18 Å². The molecule has 6 nitrogen and oxygen atoms in total. The Kier molecular flexibility index (Phi) is 5.99. The number of ether oxygens (including phenoxy) is 1. The minimum Gasteiger partial charge on any atom is -0.379 e. The number of alkyl halides is 3. The molecule has 0 aliphatic carbocycles. The van der Waals surface area contributed by atoms with E-state index in [0.717, 1.165) is 11.6 Å². The molecule has 2 atom stereocenters. The third kappa shape index (κ3) is 4.49. The second-order valence-corrected chi connectivity index (χ2v) is 8.27. The maximum Gasteiger partial charge on any atom is 0.534 e. The molecule has 0 unspecified atom stereocenters. The number of benzene rings is 1. The van der Waals surface area contributed by atoms with E-state index in [9.17, 15) is 26.4 Å². The van der Waals surface area contributed by atoms with Crippen LogP contribution in [0, 0.1) is 5.92 Å². The molecule has 1 aromatic carbocycles. The number of carbonyl (C=O) groups excluding carboxylic acids is 1. The molecule has 0 radical (unpaired) electrons. The lowest BCUT2D eigenvalue weighted by Gasteiger charge is -2.43. The van der Waals surface area contributed by atoms with Crippen molar-refractivity contribution in [2.45, 2.75) is 37.4 Å². The normalized spacial score (nSPS) is 23.2. The molecule has 2 aliphatic rings. The summed E-state index contributed by atoms with van der Waals surface area (Å²) in [5.74, 6) is -0.990. The molecule has 0 saturated carbocycles. The van der Waals surface area contributed by atoms with E-state index in [1.54, 1.807) is 0 Å². The third-order valence-corrected chi connectivity index (χ3v) is 5.76. The van der Waals surface area contributed by atoms with Gasteiger partial charge in [-0.1, -0.05) is 30.3 Å². The Hall–Kier alpha value is -2.07. The predicted octanol–water partition coefficient (Wildman–Crippen LogP) is 2.96. The van der Waals surface area contributed by atoms with Crippen LogP contribution in [0.25, 0.3) is 0 Å². The van der Waals surface area contributed by atoms with Gasteiger partial charge in [-0.25, -0.2) is 0 Å². The van der Waals surface area contributed by atoms with Gasteiger partial charge in [0.05, 0.1) is 19.3 Å². The second kappa shape index (κ2) is 8.12. The number of halogens is 3. The Labute approximate surface area is 161 Å². The maximum atomic E-state index is 12.7. The van der Waals surface area contributed by atoms with E-state index in [-0.39, 0.29) is 30.6 Å². The van der Waals surface area contributed by atoms with Gasteiger partial charge in [0.15, 0.2) is 0 Å². The lowest BCUT2D eigenvalue weighted by molar-refractivity contribution is -0.137. The third-order valence-electron chi connectivity index (χ3n) is 4.78. The summed E-state index contributed by atoms with van der Waals surface area (Å²) in [4.78, 5) is 13.6. The topological polar surface area (TPSA) is 72.9 Å². The number of rotatable bonds is 6. The SMILES string of the molecule is O=C1CC=C(OS(=O)(=O)C(F)(F)F)[C@@H]2[C@H](COCc3ccccc3)CCCN12. The van der Waals surface area contributed by atoms with Gasteiger partial charge in [0.2, 0.25) is 5.91 Å². The highest BCUT2D eigenvalue weighted by molar-refractivity contribution is 7.87. The molecular weight excluding hydrogens is 399 g/mol. The van der Waals surface area contributed by atoms with E-state index < -0.39 is 21.7 Å². The molecule has 28 heavy (non-hydrogen) atoms. The Morgan fingerprint density at radius 1 is 1.18 bits per heavy atom. The summed E-state index contributed by atoms with van der Waals surface area (Å²) in [7, 11) is -5.80. The van der Waals surface area contributed by atoms with Gasteiger partial charge in [-0.2, -0.15) is 21.6 Å². The summed E-state index contributed by atoms with van der Waals surface area (Å²) in [6, 6.07) is 8.45. The van der Waals surface area contributed by atoms with Crippen LogP contribution in [0.5, 0.6) is 0 Å². The van der Waals surface area contributed by atoms with Gasteiger partial charge in [-0.15, -0.1) is 0 Å². The van der Waals surface area contributed by atoms with Crippen LogP contribution in [0.1, 0.15) is 24.8 Å². The average molecular weight is 419 g/mol. The molecule has 1 aromatic rings. The average Bonchev–Trinajstić information content (AvgIpc) is 2.64. The highest BCUT2D eigenvalue weighted by Gasteiger charge is 2.51. The van der Waals surface area contributed by atoms with Gasteiger partial charge in [-0.3, -0.25) is 4.79 Å². The quantitative estimate of drug-likeness (QED) is 0.524. The predicted molar refractivity (Wildman–Crippen MR) is 93.1 cm³/mol. The fourth-order valence-electron chi connectivity index (χ4n) is 3.50. The van der Waals surface area contributed by atoms with Crippen molar-refractivity contribution in [2.75, 3.05) is 13.2 Å². The van der Waals surface area contributed by atoms with Gasteiger partial charge in [0.25, 0.3) is 0 Å². The number of fused-ring (bicyclic) bond motifs is 1. The molecule has 10 heteroatoms. The van der Waals surface area contributed by atoms with Gasteiger partial charge in [0, 0.05) is 18.9 Å². The summed E-state index contributed by atoms with van der Waals surface area (Å²) in [6.45, 7) is 0.806. The molecule has 154 valence electrons. The fourth-order valence-corrected chi connectivity index (χ4v) is 4.02. The molecule has 1 amide bonds. The maximum absolute atomic E-state index is 12.7. The van der Waals surface area contributed by atoms with Gasteiger partial charge in [-0.05, 0) is 24.5 Å². The highest BCUT2D eigenvalue weighted by Crippen LogP contribution is 2.36. The molecule has 1 fully saturated rings. The standard InChI is InChI=1S/C18H20F3NO5S/c19-18(20,21)28(24,25)27-15-8-9-16(23)22-10-4-7-14(17(15)22)12-26-11-13-5-2-1-3-6-13/h1-3,5-6,8,14,17H,4,7,9-12H2/t14-,17-/m0/s1. The van der Waals surface area contributed by atoms with Crippen molar-refractivity contribution in [1.82, 2.24) is 4.90 Å². The highest BCUT2D eigenvalue weighted by atomic mass is 32.2. The van der Waals surface area contributed by atoms with Crippen molar-refractivity contribution in [1.29, 1.82) is 0 Å². The van der Waals surface area contributed by atoms with E-state index >= 15 is 0 Å². The molecule has 0 aromatic heterocycles. The van der Waals surface area contributed by atoms with E-state index in [1.807, 2.05) is 30.3 Å². The minimum absolute atomic E-state index is 0.163. The van der Waals surface area contributed by atoms with Crippen LogP contribution >= 0.6 is 0 Å². The summed E-state index contributed by atoms with van der Waals surface area (Å²) in [5.41, 5.74) is -4.60. The van der Waals surface area contributed by atoms with Gasteiger partial charge < -0.3 is 13.8 Å². The Bertz CT molecular complexity index is 839. The number of nitrogens with zero attached hydrogens (tertiary/aromatic N) is 1. The lowest BCUT2D eigenvalue weighted by Crippen LogP contribution is -2.53. The molecular formula is C18H20F3NO5S. The molecule has 0 bridgehead atoms. The van der Waals surface area contributed by atoms with Crippen molar-refractivity contribution >= 4 is 16.0 Å². The first-order valence-corrected chi connectivity index (χ1v) is 10.2. The summed E-state index contributed by atoms with van der Waals surface area (Å²) < 4.78 is 71.2. The van der Waals surface area contributed by atoms with Crippen molar-refractivity contribution in [2.24, 2.45) is 5.92 Å². The zero-order valence-electron chi connectivity index (χ0n) is 14.9. The zero-order chi connectivity index (χ0) is 20.4. The number of hydrogen-bond acceptors (Lipinski definition) is 5. The van der Waals surface area contributed by atoms with E-state index in [4.69, 9.17) is 4.74 Å². The molecule has 2 aliphatic heterocycles.